The fourth-order valence-electron chi connectivity index (χ4n) is 4.92. The van der Waals surface area contributed by atoms with E-state index in [0.717, 1.165) is 30.0 Å². The molecule has 3 heterocycles. The van der Waals surface area contributed by atoms with Gasteiger partial charge in [0.05, 0.1) is 19.6 Å². The first-order valence-electron chi connectivity index (χ1n) is 10.2. The molecule has 2 aliphatic rings. The molecule has 0 unspecified atom stereocenters. The molecule has 1 fully saturated rings. The molecule has 6 heteroatoms. The summed E-state index contributed by atoms with van der Waals surface area (Å²) in [7, 11) is 5.71. The molecular weight excluding hydrogens is 366 g/mol. The third-order valence-electron chi connectivity index (χ3n) is 6.19. The van der Waals surface area contributed by atoms with Crippen LogP contribution in [0.5, 0.6) is 5.75 Å². The van der Waals surface area contributed by atoms with Gasteiger partial charge in [-0.1, -0.05) is 18.2 Å². The SMILES string of the molecule is COc1cccc(CC(=O)N2C[C@H]3C[C@@H](C2)[C@H](CN(C)C)n2c3cccc2=O)c1. The fraction of sp³-hybridized carbons (Fsp3) is 0.478. The van der Waals surface area contributed by atoms with Gasteiger partial charge in [-0.15, -0.1) is 0 Å². The maximum absolute atomic E-state index is 13.1. The average molecular weight is 396 g/mol. The number of pyridine rings is 1. The Morgan fingerprint density at radius 2 is 1.97 bits per heavy atom. The zero-order chi connectivity index (χ0) is 20.5. The van der Waals surface area contributed by atoms with Crippen molar-refractivity contribution >= 4 is 5.91 Å². The highest BCUT2D eigenvalue weighted by atomic mass is 16.5. The molecule has 1 aromatic heterocycles. The minimum absolute atomic E-state index is 0.0696. The monoisotopic (exact) mass is 395 g/mol. The number of nitrogens with zero attached hydrogens (tertiary/aromatic N) is 3. The van der Waals surface area contributed by atoms with Crippen LogP contribution in [-0.2, 0) is 11.2 Å². The lowest BCUT2D eigenvalue weighted by Crippen LogP contribution is -2.53. The van der Waals surface area contributed by atoms with Crippen molar-refractivity contribution in [2.24, 2.45) is 5.92 Å². The number of aromatic nitrogens is 1. The topological polar surface area (TPSA) is 54.8 Å². The van der Waals surface area contributed by atoms with Crippen LogP contribution in [0.3, 0.4) is 0 Å². The molecule has 0 saturated carbocycles. The first-order valence-corrected chi connectivity index (χ1v) is 10.2. The van der Waals surface area contributed by atoms with Gasteiger partial charge in [0, 0.05) is 37.3 Å². The van der Waals surface area contributed by atoms with Crippen molar-refractivity contribution < 1.29 is 9.53 Å². The highest BCUT2D eigenvalue weighted by Crippen LogP contribution is 2.41. The number of likely N-dealkylation sites (tertiary alicyclic amines) is 1. The van der Waals surface area contributed by atoms with Crippen molar-refractivity contribution in [2.75, 3.05) is 40.8 Å². The molecule has 29 heavy (non-hydrogen) atoms. The van der Waals surface area contributed by atoms with E-state index in [1.165, 1.54) is 0 Å². The van der Waals surface area contributed by atoms with Crippen LogP contribution in [0.1, 0.15) is 29.6 Å². The first-order chi connectivity index (χ1) is 14.0. The number of likely N-dealkylation sites (N-methyl/N-ethyl adjacent to an activating group) is 1. The van der Waals surface area contributed by atoms with Crippen molar-refractivity contribution in [2.45, 2.75) is 24.8 Å². The zero-order valence-corrected chi connectivity index (χ0v) is 17.4. The summed E-state index contributed by atoms with van der Waals surface area (Å²) in [6.45, 7) is 2.18. The van der Waals surface area contributed by atoms with Crippen molar-refractivity contribution in [3.8, 4) is 5.75 Å². The molecule has 4 rings (SSSR count). The Balaban J connectivity index is 1.59. The maximum atomic E-state index is 13.1. The van der Waals surface area contributed by atoms with E-state index in [9.17, 15) is 9.59 Å². The van der Waals surface area contributed by atoms with Gasteiger partial charge in [-0.05, 0) is 50.2 Å². The number of hydrogen-bond acceptors (Lipinski definition) is 4. The number of rotatable bonds is 5. The number of ether oxygens (including phenoxy) is 1. The summed E-state index contributed by atoms with van der Waals surface area (Å²) in [6, 6.07) is 13.3. The van der Waals surface area contributed by atoms with Gasteiger partial charge in [0.2, 0.25) is 5.91 Å². The van der Waals surface area contributed by atoms with E-state index < -0.39 is 0 Å². The highest BCUT2D eigenvalue weighted by molar-refractivity contribution is 5.79. The second-order valence-corrected chi connectivity index (χ2v) is 8.51. The van der Waals surface area contributed by atoms with Crippen LogP contribution in [0.25, 0.3) is 0 Å². The molecule has 2 aliphatic heterocycles. The van der Waals surface area contributed by atoms with E-state index in [4.69, 9.17) is 4.74 Å². The second-order valence-electron chi connectivity index (χ2n) is 8.51. The Bertz CT molecular complexity index is 952. The van der Waals surface area contributed by atoms with E-state index in [1.807, 2.05) is 53.9 Å². The van der Waals surface area contributed by atoms with Gasteiger partial charge in [-0.2, -0.15) is 0 Å². The molecule has 0 aliphatic carbocycles. The van der Waals surface area contributed by atoms with Crippen LogP contribution < -0.4 is 10.3 Å². The average Bonchev–Trinajstić information content (AvgIpc) is 2.71. The highest BCUT2D eigenvalue weighted by Gasteiger charge is 2.41. The van der Waals surface area contributed by atoms with Crippen LogP contribution in [-0.4, -0.2) is 61.1 Å². The molecular formula is C23H29N3O3. The van der Waals surface area contributed by atoms with Gasteiger partial charge in [0.1, 0.15) is 5.75 Å². The Morgan fingerprint density at radius 3 is 2.72 bits per heavy atom. The van der Waals surface area contributed by atoms with Crippen LogP contribution in [0.15, 0.2) is 47.3 Å². The summed E-state index contributed by atoms with van der Waals surface area (Å²) in [5.74, 6) is 1.42. The second kappa shape index (κ2) is 8.03. The summed E-state index contributed by atoms with van der Waals surface area (Å²) < 4.78 is 7.27. The minimum Gasteiger partial charge on any atom is -0.497 e. The maximum Gasteiger partial charge on any atom is 0.251 e. The molecule has 1 amide bonds. The fourth-order valence-corrected chi connectivity index (χ4v) is 4.92. The molecule has 154 valence electrons. The number of piperidine rings is 1. The number of benzene rings is 1. The van der Waals surface area contributed by atoms with E-state index in [2.05, 4.69) is 11.0 Å². The Labute approximate surface area is 171 Å². The number of carbonyl (C=O) groups is 1. The third-order valence-corrected chi connectivity index (χ3v) is 6.19. The summed E-state index contributed by atoms with van der Waals surface area (Å²) in [6.07, 6.45) is 1.40. The summed E-state index contributed by atoms with van der Waals surface area (Å²) in [5, 5.41) is 0. The Kier molecular flexibility index (Phi) is 5.46. The summed E-state index contributed by atoms with van der Waals surface area (Å²) in [4.78, 5) is 29.9. The lowest BCUT2D eigenvalue weighted by Gasteiger charge is -2.47. The number of amides is 1. The van der Waals surface area contributed by atoms with Crippen LogP contribution >= 0.6 is 0 Å². The van der Waals surface area contributed by atoms with Gasteiger partial charge < -0.3 is 19.1 Å². The predicted molar refractivity (Wildman–Crippen MR) is 112 cm³/mol. The van der Waals surface area contributed by atoms with Crippen molar-refractivity contribution in [3.63, 3.8) is 0 Å². The predicted octanol–water partition coefficient (Wildman–Crippen LogP) is 2.15. The minimum atomic E-state index is 0.0696. The van der Waals surface area contributed by atoms with Crippen LogP contribution in [0.4, 0.5) is 0 Å². The van der Waals surface area contributed by atoms with Gasteiger partial charge in [-0.3, -0.25) is 9.59 Å². The van der Waals surface area contributed by atoms with Gasteiger partial charge in [-0.25, -0.2) is 0 Å². The van der Waals surface area contributed by atoms with Crippen LogP contribution in [0, 0.1) is 5.92 Å². The number of carbonyl (C=O) groups excluding carboxylic acids is 1. The van der Waals surface area contributed by atoms with E-state index in [-0.39, 0.29) is 29.3 Å². The Morgan fingerprint density at radius 1 is 1.17 bits per heavy atom. The molecule has 0 N–H and O–H groups in total. The Hall–Kier alpha value is -2.60. The quantitative estimate of drug-likeness (QED) is 0.779. The van der Waals surface area contributed by atoms with E-state index >= 15 is 0 Å². The lowest BCUT2D eigenvalue weighted by atomic mass is 9.78. The standard InChI is InChI=1S/C23H29N3O3/c1-24(2)15-21-18-12-17(20-8-5-9-22(27)26(20)21)13-25(14-18)23(28)11-16-6-4-7-19(10-16)29-3/h4-10,17-18,21H,11-15H2,1-3H3/t17-,18+,21+/m1/s1. The zero-order valence-electron chi connectivity index (χ0n) is 17.4. The molecule has 2 bridgehead atoms. The van der Waals surface area contributed by atoms with Gasteiger partial charge in [0.25, 0.3) is 5.56 Å². The molecule has 3 atom stereocenters. The summed E-state index contributed by atoms with van der Waals surface area (Å²) >= 11 is 0. The molecule has 0 spiro atoms. The van der Waals surface area contributed by atoms with Crippen LogP contribution in [0.2, 0.25) is 0 Å². The lowest BCUT2D eigenvalue weighted by molar-refractivity contribution is -0.133. The summed E-state index contributed by atoms with van der Waals surface area (Å²) in [5.41, 5.74) is 2.10. The van der Waals surface area contributed by atoms with Crippen molar-refractivity contribution in [1.82, 2.24) is 14.4 Å². The third kappa shape index (κ3) is 3.94. The number of methoxy groups -OCH3 is 1. The molecule has 0 radical (unpaired) electrons. The molecule has 6 nitrogen and oxygen atoms in total. The number of hydrogen-bond donors (Lipinski definition) is 0. The first kappa shape index (κ1) is 19.7. The van der Waals surface area contributed by atoms with Gasteiger partial charge in [0.15, 0.2) is 0 Å². The van der Waals surface area contributed by atoms with E-state index in [1.54, 1.807) is 13.2 Å². The van der Waals surface area contributed by atoms with Crippen molar-refractivity contribution in [3.05, 3.63) is 64.1 Å². The smallest absolute Gasteiger partial charge is 0.251 e. The molecule has 1 saturated heterocycles. The van der Waals surface area contributed by atoms with Crippen molar-refractivity contribution in [1.29, 1.82) is 0 Å². The largest absolute Gasteiger partial charge is 0.497 e. The van der Waals surface area contributed by atoms with E-state index in [0.29, 0.717) is 19.5 Å². The normalized spacial score (nSPS) is 23.0. The van der Waals surface area contributed by atoms with Gasteiger partial charge >= 0.3 is 0 Å². The number of fused-ring (bicyclic) bond motifs is 4. The molecule has 2 aromatic rings. The molecule has 1 aromatic carbocycles.